The summed E-state index contributed by atoms with van der Waals surface area (Å²) in [5.41, 5.74) is 5.23. The molecular weight excluding hydrogens is 254 g/mol. The van der Waals surface area contributed by atoms with Crippen molar-refractivity contribution >= 4 is 11.6 Å². The molecule has 18 heavy (non-hydrogen) atoms. The molecule has 5 nitrogen and oxygen atoms in total. The van der Waals surface area contributed by atoms with Crippen LogP contribution < -0.4 is 10.5 Å². The molecule has 1 aromatic carbocycles. The minimum Gasteiger partial charge on any atom is -0.484 e. The molecule has 0 aliphatic heterocycles. The largest absolute Gasteiger partial charge is 0.484 e. The van der Waals surface area contributed by atoms with Gasteiger partial charge < -0.3 is 15.0 Å². The molecule has 1 heterocycles. The number of aromatic nitrogens is 2. The van der Waals surface area contributed by atoms with Crippen LogP contribution in [-0.2, 0) is 12.1 Å². The lowest BCUT2D eigenvalue weighted by Gasteiger charge is -2.11. The molecule has 0 atom stereocenters. The summed E-state index contributed by atoms with van der Waals surface area (Å²) in [5.74, 6) is 1.53. The summed E-state index contributed by atoms with van der Waals surface area (Å²) in [6, 6.07) is 7.04. The van der Waals surface area contributed by atoms with E-state index in [4.69, 9.17) is 26.6 Å². The Labute approximate surface area is 110 Å². The van der Waals surface area contributed by atoms with Crippen molar-refractivity contribution in [3.05, 3.63) is 41.0 Å². The van der Waals surface area contributed by atoms with Crippen LogP contribution >= 0.6 is 11.6 Å². The second-order valence-corrected chi connectivity index (χ2v) is 4.91. The molecule has 0 saturated heterocycles. The van der Waals surface area contributed by atoms with E-state index in [1.165, 1.54) is 0 Å². The molecule has 0 aliphatic carbocycles. The average Bonchev–Trinajstić information content (AvgIpc) is 2.77. The standard InChI is InChI=1S/C12H14ClN3O2/c1-12(2,14)11-15-10(18-16-11)7-17-9-5-3-8(13)4-6-9/h3-6H,7,14H2,1-2H3. The number of rotatable bonds is 4. The third-order valence-electron chi connectivity index (χ3n) is 2.22. The zero-order chi connectivity index (χ0) is 13.2. The molecule has 6 heteroatoms. The summed E-state index contributed by atoms with van der Waals surface area (Å²) in [6.07, 6.45) is 0. The van der Waals surface area contributed by atoms with E-state index in [9.17, 15) is 0 Å². The predicted molar refractivity (Wildman–Crippen MR) is 67.3 cm³/mol. The fourth-order valence-corrected chi connectivity index (χ4v) is 1.38. The highest BCUT2D eigenvalue weighted by atomic mass is 35.5. The van der Waals surface area contributed by atoms with E-state index >= 15 is 0 Å². The van der Waals surface area contributed by atoms with Crippen molar-refractivity contribution < 1.29 is 9.26 Å². The van der Waals surface area contributed by atoms with Crippen LogP contribution in [0.4, 0.5) is 0 Å². The maximum absolute atomic E-state index is 5.85. The average molecular weight is 268 g/mol. The van der Waals surface area contributed by atoms with E-state index < -0.39 is 5.54 Å². The molecule has 0 spiro atoms. The number of nitrogens with two attached hydrogens (primary N) is 1. The van der Waals surface area contributed by atoms with Gasteiger partial charge in [-0.25, -0.2) is 0 Å². The van der Waals surface area contributed by atoms with Crippen molar-refractivity contribution in [2.24, 2.45) is 5.73 Å². The maximum Gasteiger partial charge on any atom is 0.264 e. The van der Waals surface area contributed by atoms with Crippen LogP contribution in [0.2, 0.25) is 5.02 Å². The number of hydrogen-bond donors (Lipinski definition) is 1. The zero-order valence-electron chi connectivity index (χ0n) is 10.2. The Morgan fingerprint density at radius 2 is 2.00 bits per heavy atom. The lowest BCUT2D eigenvalue weighted by molar-refractivity contribution is 0.242. The normalized spacial score (nSPS) is 11.6. The Morgan fingerprint density at radius 1 is 1.33 bits per heavy atom. The third kappa shape index (κ3) is 3.21. The maximum atomic E-state index is 5.85. The van der Waals surface area contributed by atoms with Gasteiger partial charge in [-0.15, -0.1) is 0 Å². The minimum atomic E-state index is -0.623. The molecule has 2 N–H and O–H groups in total. The van der Waals surface area contributed by atoms with Crippen LogP contribution in [-0.4, -0.2) is 10.1 Å². The quantitative estimate of drug-likeness (QED) is 0.921. The van der Waals surface area contributed by atoms with E-state index in [1.54, 1.807) is 24.3 Å². The van der Waals surface area contributed by atoms with Crippen molar-refractivity contribution in [1.29, 1.82) is 0 Å². The van der Waals surface area contributed by atoms with E-state index in [2.05, 4.69) is 10.1 Å². The second-order valence-electron chi connectivity index (χ2n) is 4.48. The van der Waals surface area contributed by atoms with E-state index in [-0.39, 0.29) is 6.61 Å². The SMILES string of the molecule is CC(C)(N)c1noc(COc2ccc(Cl)cc2)n1. The Hall–Kier alpha value is -1.59. The smallest absolute Gasteiger partial charge is 0.264 e. The Balaban J connectivity index is 1.98. The molecule has 0 saturated carbocycles. The molecule has 0 aliphatic rings. The van der Waals surface area contributed by atoms with Crippen LogP contribution in [0.5, 0.6) is 5.75 Å². The van der Waals surface area contributed by atoms with E-state index in [1.807, 2.05) is 13.8 Å². The molecule has 1 aromatic heterocycles. The van der Waals surface area contributed by atoms with Gasteiger partial charge in [-0.1, -0.05) is 16.8 Å². The van der Waals surface area contributed by atoms with Crippen LogP contribution in [0.25, 0.3) is 0 Å². The molecule has 0 amide bonds. The number of nitrogens with zero attached hydrogens (tertiary/aromatic N) is 2. The van der Waals surface area contributed by atoms with E-state index in [0.29, 0.717) is 22.5 Å². The highest BCUT2D eigenvalue weighted by molar-refractivity contribution is 6.30. The fraction of sp³-hybridized carbons (Fsp3) is 0.333. The first-order chi connectivity index (χ1) is 8.45. The van der Waals surface area contributed by atoms with Crippen LogP contribution in [0.1, 0.15) is 25.6 Å². The molecule has 0 bridgehead atoms. The van der Waals surface area contributed by atoms with Gasteiger partial charge in [-0.3, -0.25) is 0 Å². The number of halogens is 1. The summed E-state index contributed by atoms with van der Waals surface area (Å²) >= 11 is 5.77. The number of ether oxygens (including phenoxy) is 1. The van der Waals surface area contributed by atoms with Gasteiger partial charge in [0.25, 0.3) is 5.89 Å². The monoisotopic (exact) mass is 267 g/mol. The molecular formula is C12H14ClN3O2. The third-order valence-corrected chi connectivity index (χ3v) is 2.47. The fourth-order valence-electron chi connectivity index (χ4n) is 1.25. The van der Waals surface area contributed by atoms with Crippen molar-refractivity contribution in [2.45, 2.75) is 26.0 Å². The summed E-state index contributed by atoms with van der Waals surface area (Å²) in [7, 11) is 0. The molecule has 0 unspecified atom stereocenters. The van der Waals surface area contributed by atoms with Crippen molar-refractivity contribution in [3.63, 3.8) is 0 Å². The van der Waals surface area contributed by atoms with Gasteiger partial charge in [-0.2, -0.15) is 4.98 Å². The van der Waals surface area contributed by atoms with Gasteiger partial charge in [0.15, 0.2) is 12.4 Å². The van der Waals surface area contributed by atoms with Gasteiger partial charge in [-0.05, 0) is 38.1 Å². The Bertz CT molecular complexity index is 517. The number of benzene rings is 1. The second kappa shape index (κ2) is 4.96. The highest BCUT2D eigenvalue weighted by Crippen LogP contribution is 2.17. The zero-order valence-corrected chi connectivity index (χ0v) is 10.9. The summed E-state index contributed by atoms with van der Waals surface area (Å²) in [4.78, 5) is 4.16. The van der Waals surface area contributed by atoms with Crippen LogP contribution in [0.15, 0.2) is 28.8 Å². The topological polar surface area (TPSA) is 74.2 Å². The lowest BCUT2D eigenvalue weighted by atomic mass is 10.1. The van der Waals surface area contributed by atoms with Gasteiger partial charge in [0.05, 0.1) is 5.54 Å². The Kier molecular flexibility index (Phi) is 3.54. The van der Waals surface area contributed by atoms with Crippen LogP contribution in [0.3, 0.4) is 0 Å². The molecule has 0 fully saturated rings. The first kappa shape index (κ1) is 12.9. The first-order valence-corrected chi connectivity index (χ1v) is 5.83. The van der Waals surface area contributed by atoms with Gasteiger partial charge >= 0.3 is 0 Å². The van der Waals surface area contributed by atoms with Gasteiger partial charge in [0.1, 0.15) is 5.75 Å². The first-order valence-electron chi connectivity index (χ1n) is 5.45. The minimum absolute atomic E-state index is 0.199. The van der Waals surface area contributed by atoms with Gasteiger partial charge in [0, 0.05) is 5.02 Å². The van der Waals surface area contributed by atoms with Gasteiger partial charge in [0.2, 0.25) is 0 Å². The van der Waals surface area contributed by atoms with E-state index in [0.717, 1.165) is 0 Å². The molecule has 0 radical (unpaired) electrons. The molecule has 2 rings (SSSR count). The van der Waals surface area contributed by atoms with Crippen molar-refractivity contribution in [2.75, 3.05) is 0 Å². The highest BCUT2D eigenvalue weighted by Gasteiger charge is 2.21. The predicted octanol–water partition coefficient (Wildman–Crippen LogP) is 2.50. The molecule has 2 aromatic rings. The number of hydrogen-bond acceptors (Lipinski definition) is 5. The molecule has 96 valence electrons. The lowest BCUT2D eigenvalue weighted by Crippen LogP contribution is -2.30. The summed E-state index contributed by atoms with van der Waals surface area (Å²) in [5, 5.41) is 4.46. The van der Waals surface area contributed by atoms with Crippen LogP contribution in [0, 0.1) is 0 Å². The Morgan fingerprint density at radius 3 is 2.56 bits per heavy atom. The van der Waals surface area contributed by atoms with Crippen molar-refractivity contribution in [3.8, 4) is 5.75 Å². The summed E-state index contributed by atoms with van der Waals surface area (Å²) < 4.78 is 10.5. The summed E-state index contributed by atoms with van der Waals surface area (Å²) in [6.45, 7) is 3.81. The van der Waals surface area contributed by atoms with Crippen molar-refractivity contribution in [1.82, 2.24) is 10.1 Å².